The van der Waals surface area contributed by atoms with Crippen LogP contribution in [0.15, 0.2) is 77.9 Å². The second-order valence-corrected chi connectivity index (χ2v) is 7.14. The lowest BCUT2D eigenvalue weighted by atomic mass is 9.98. The number of hydrogen-bond acceptors (Lipinski definition) is 4. The Bertz CT molecular complexity index is 1340. The summed E-state index contributed by atoms with van der Waals surface area (Å²) in [6.07, 6.45) is 3.36. The van der Waals surface area contributed by atoms with Crippen molar-refractivity contribution in [2.45, 2.75) is 20.1 Å². The minimum atomic E-state index is -2.97. The Kier molecular flexibility index (Phi) is 6.72. The molecule has 2 heterocycles. The largest absolute Gasteiger partial charge is 0.494 e. The third-order valence-corrected chi connectivity index (χ3v) is 5.02. The molecule has 176 valence electrons. The molecule has 0 aliphatic heterocycles. The average Bonchev–Trinajstić information content (AvgIpc) is 2.80. The van der Waals surface area contributed by atoms with Crippen LogP contribution < -0.4 is 19.6 Å². The molecule has 2 aromatic carbocycles. The van der Waals surface area contributed by atoms with Crippen molar-refractivity contribution >= 4 is 5.52 Å². The number of rotatable bonds is 8. The van der Waals surface area contributed by atoms with Gasteiger partial charge in [0.2, 0.25) is 0 Å². The summed E-state index contributed by atoms with van der Waals surface area (Å²) in [4.78, 5) is 13.6. The van der Waals surface area contributed by atoms with E-state index in [9.17, 15) is 22.4 Å². The molecule has 0 aliphatic rings. The standard InChI is InChI=1S/C25H19F4NO4/c1-2-32-19-11-12-30-14-20(15-3-7-17(8-4-15)33-24(26)27)23(31)22(21(30)13-19)16-5-9-18(10-6-16)34-25(28)29/h3-14,24-25H,2H2,1H3. The number of ether oxygens (including phenoxy) is 3. The van der Waals surface area contributed by atoms with Gasteiger partial charge in [0.25, 0.3) is 0 Å². The van der Waals surface area contributed by atoms with Gasteiger partial charge in [0, 0.05) is 24.0 Å². The Morgan fingerprint density at radius 3 is 1.88 bits per heavy atom. The Morgan fingerprint density at radius 1 is 0.794 bits per heavy atom. The van der Waals surface area contributed by atoms with Crippen molar-refractivity contribution in [1.29, 1.82) is 0 Å². The van der Waals surface area contributed by atoms with E-state index in [1.165, 1.54) is 48.5 Å². The van der Waals surface area contributed by atoms with Crippen LogP contribution in [0.4, 0.5) is 17.6 Å². The fourth-order valence-corrected chi connectivity index (χ4v) is 3.61. The Balaban J connectivity index is 1.88. The maximum absolute atomic E-state index is 13.6. The molecule has 0 amide bonds. The predicted octanol–water partition coefficient (Wildman–Crippen LogP) is 6.24. The zero-order valence-electron chi connectivity index (χ0n) is 17.9. The van der Waals surface area contributed by atoms with Crippen LogP contribution in [0.3, 0.4) is 0 Å². The van der Waals surface area contributed by atoms with Gasteiger partial charge in [-0.1, -0.05) is 24.3 Å². The summed E-state index contributed by atoms with van der Waals surface area (Å²) in [6.45, 7) is -3.66. The van der Waals surface area contributed by atoms with Crippen molar-refractivity contribution in [2.24, 2.45) is 0 Å². The molecule has 4 aromatic rings. The lowest BCUT2D eigenvalue weighted by Gasteiger charge is -2.14. The molecule has 0 unspecified atom stereocenters. The maximum atomic E-state index is 13.6. The summed E-state index contributed by atoms with van der Waals surface area (Å²) in [5.41, 5.74) is 1.81. The normalized spacial score (nSPS) is 11.3. The van der Waals surface area contributed by atoms with Gasteiger partial charge >= 0.3 is 13.2 Å². The quantitative estimate of drug-likeness (QED) is 0.285. The van der Waals surface area contributed by atoms with Crippen molar-refractivity contribution < 1.29 is 31.8 Å². The summed E-state index contributed by atoms with van der Waals surface area (Å²) in [5.74, 6) is 0.488. The zero-order valence-corrected chi connectivity index (χ0v) is 17.9. The molecule has 0 spiro atoms. The monoisotopic (exact) mass is 473 g/mol. The number of fused-ring (bicyclic) bond motifs is 1. The van der Waals surface area contributed by atoms with Gasteiger partial charge in [-0.2, -0.15) is 17.6 Å². The molecule has 0 aliphatic carbocycles. The molecule has 4 rings (SSSR count). The summed E-state index contributed by atoms with van der Waals surface area (Å²) in [5, 5.41) is 0. The van der Waals surface area contributed by atoms with E-state index in [1.807, 2.05) is 6.92 Å². The molecule has 0 saturated heterocycles. The highest BCUT2D eigenvalue weighted by molar-refractivity contribution is 5.85. The highest BCUT2D eigenvalue weighted by Gasteiger charge is 2.16. The number of aromatic nitrogens is 1. The minimum Gasteiger partial charge on any atom is -0.494 e. The first kappa shape index (κ1) is 23.2. The number of nitrogens with zero attached hydrogens (tertiary/aromatic N) is 1. The lowest BCUT2D eigenvalue weighted by Crippen LogP contribution is -2.12. The van der Waals surface area contributed by atoms with Gasteiger partial charge < -0.3 is 18.6 Å². The van der Waals surface area contributed by atoms with Gasteiger partial charge in [-0.15, -0.1) is 0 Å². The van der Waals surface area contributed by atoms with Gasteiger partial charge in [-0.25, -0.2) is 0 Å². The number of alkyl halides is 4. The molecule has 9 heteroatoms. The second kappa shape index (κ2) is 9.86. The van der Waals surface area contributed by atoms with E-state index in [0.29, 0.717) is 40.1 Å². The fraction of sp³-hybridized carbons (Fsp3) is 0.160. The molecule has 0 saturated carbocycles. The van der Waals surface area contributed by atoms with Crippen LogP contribution in [0, 0.1) is 0 Å². The topological polar surface area (TPSA) is 49.2 Å². The van der Waals surface area contributed by atoms with Gasteiger partial charge in [0.1, 0.15) is 17.2 Å². The summed E-state index contributed by atoms with van der Waals surface area (Å²) >= 11 is 0. The Labute approximate surface area is 191 Å². The molecule has 5 nitrogen and oxygen atoms in total. The first-order valence-corrected chi connectivity index (χ1v) is 10.3. The number of hydrogen-bond donors (Lipinski definition) is 0. The smallest absolute Gasteiger partial charge is 0.387 e. The molecule has 0 fully saturated rings. The predicted molar refractivity (Wildman–Crippen MR) is 119 cm³/mol. The molecule has 2 aromatic heterocycles. The highest BCUT2D eigenvalue weighted by Crippen LogP contribution is 2.30. The van der Waals surface area contributed by atoms with Crippen LogP contribution in [0.2, 0.25) is 0 Å². The Morgan fingerprint density at radius 2 is 1.35 bits per heavy atom. The van der Waals surface area contributed by atoms with Gasteiger partial charge in [-0.05, 0) is 48.4 Å². The van der Waals surface area contributed by atoms with Crippen molar-refractivity contribution in [3.63, 3.8) is 0 Å². The van der Waals surface area contributed by atoms with Crippen LogP contribution in [0.5, 0.6) is 17.2 Å². The van der Waals surface area contributed by atoms with Crippen molar-refractivity contribution in [3.8, 4) is 39.5 Å². The van der Waals surface area contributed by atoms with Gasteiger partial charge in [-0.3, -0.25) is 4.79 Å². The Hall–Kier alpha value is -4.01. The molecule has 0 radical (unpaired) electrons. The highest BCUT2D eigenvalue weighted by atomic mass is 19.3. The van der Waals surface area contributed by atoms with Crippen LogP contribution in [-0.4, -0.2) is 24.2 Å². The molecule has 0 bridgehead atoms. The minimum absolute atomic E-state index is 0.0316. The molecular formula is C25H19F4NO4. The average molecular weight is 473 g/mol. The first-order chi connectivity index (χ1) is 16.4. The van der Waals surface area contributed by atoms with E-state index < -0.39 is 13.2 Å². The summed E-state index contributed by atoms with van der Waals surface area (Å²) in [7, 11) is 0. The lowest BCUT2D eigenvalue weighted by molar-refractivity contribution is -0.0505. The molecule has 0 N–H and O–H groups in total. The van der Waals surface area contributed by atoms with Crippen molar-refractivity contribution in [2.75, 3.05) is 6.61 Å². The number of halogens is 4. The van der Waals surface area contributed by atoms with E-state index in [-0.39, 0.29) is 16.9 Å². The molecule has 34 heavy (non-hydrogen) atoms. The third-order valence-electron chi connectivity index (χ3n) is 5.02. The summed E-state index contributed by atoms with van der Waals surface area (Å²) in [6, 6.07) is 14.9. The van der Waals surface area contributed by atoms with Crippen molar-refractivity contribution in [1.82, 2.24) is 4.40 Å². The van der Waals surface area contributed by atoms with E-state index >= 15 is 0 Å². The maximum Gasteiger partial charge on any atom is 0.387 e. The van der Waals surface area contributed by atoms with E-state index in [0.717, 1.165) is 0 Å². The van der Waals surface area contributed by atoms with Crippen LogP contribution in [-0.2, 0) is 0 Å². The number of benzene rings is 2. The van der Waals surface area contributed by atoms with E-state index in [4.69, 9.17) is 4.74 Å². The van der Waals surface area contributed by atoms with Crippen LogP contribution in [0.25, 0.3) is 27.8 Å². The van der Waals surface area contributed by atoms with E-state index in [1.54, 1.807) is 28.9 Å². The first-order valence-electron chi connectivity index (χ1n) is 10.3. The summed E-state index contributed by atoms with van der Waals surface area (Å²) < 4.78 is 66.1. The second-order valence-electron chi connectivity index (χ2n) is 7.14. The van der Waals surface area contributed by atoms with Gasteiger partial charge in [0.05, 0.1) is 17.7 Å². The third kappa shape index (κ3) is 4.98. The SMILES string of the molecule is CCOc1ccn2cc(-c3ccc(OC(F)F)cc3)c(=O)c(-c3ccc(OC(F)F)cc3)c2c1. The van der Waals surface area contributed by atoms with Crippen LogP contribution in [0.1, 0.15) is 6.92 Å². The van der Waals surface area contributed by atoms with Gasteiger partial charge in [0.15, 0.2) is 5.43 Å². The number of pyridine rings is 2. The van der Waals surface area contributed by atoms with Crippen LogP contribution >= 0.6 is 0 Å². The van der Waals surface area contributed by atoms with Crippen molar-refractivity contribution in [3.05, 3.63) is 83.3 Å². The van der Waals surface area contributed by atoms with E-state index in [2.05, 4.69) is 9.47 Å². The fourth-order valence-electron chi connectivity index (χ4n) is 3.61. The molecular weight excluding hydrogens is 454 g/mol. The zero-order chi connectivity index (χ0) is 24.2. The molecule has 0 atom stereocenters.